The van der Waals surface area contributed by atoms with Gasteiger partial charge in [0.15, 0.2) is 0 Å². The molecule has 0 saturated carbocycles. The molecule has 0 aromatic rings. The molecule has 3 heteroatoms. The molecule has 0 aromatic heterocycles. The van der Waals surface area contributed by atoms with Crippen molar-refractivity contribution in [2.24, 2.45) is 5.92 Å². The second kappa shape index (κ2) is 8.85. The summed E-state index contributed by atoms with van der Waals surface area (Å²) in [4.78, 5) is 0. The average Bonchev–Trinajstić information content (AvgIpc) is 2.10. The number of aliphatic hydroxyl groups excluding tert-OH is 1. The van der Waals surface area contributed by atoms with E-state index in [1.165, 1.54) is 0 Å². The Kier molecular flexibility index (Phi) is 9.03. The van der Waals surface area contributed by atoms with Gasteiger partial charge in [-0.15, -0.1) is 0 Å². The molecule has 0 saturated heterocycles. The van der Waals surface area contributed by atoms with Crippen molar-refractivity contribution in [3.8, 4) is 0 Å². The second-order valence-electron chi connectivity index (χ2n) is 3.68. The van der Waals surface area contributed by atoms with Crippen LogP contribution in [0.1, 0.15) is 27.2 Å². The van der Waals surface area contributed by atoms with Gasteiger partial charge in [-0.1, -0.05) is 13.8 Å². The van der Waals surface area contributed by atoms with Gasteiger partial charge >= 0.3 is 0 Å². The second-order valence-corrected chi connectivity index (χ2v) is 4.90. The molecule has 80 valence electrons. The molecule has 2 nitrogen and oxygen atoms in total. The van der Waals surface area contributed by atoms with Crippen molar-refractivity contribution in [3.63, 3.8) is 0 Å². The zero-order valence-corrected chi connectivity index (χ0v) is 9.86. The molecule has 0 fully saturated rings. The van der Waals surface area contributed by atoms with Gasteiger partial charge in [-0.05, 0) is 25.0 Å². The van der Waals surface area contributed by atoms with Crippen molar-refractivity contribution in [1.29, 1.82) is 0 Å². The number of aliphatic hydroxyl groups is 1. The van der Waals surface area contributed by atoms with Gasteiger partial charge < -0.3 is 10.4 Å². The summed E-state index contributed by atoms with van der Waals surface area (Å²) in [5, 5.41) is 12.0. The van der Waals surface area contributed by atoms with Gasteiger partial charge in [0.1, 0.15) is 0 Å². The van der Waals surface area contributed by atoms with Gasteiger partial charge in [-0.2, -0.15) is 11.8 Å². The lowest BCUT2D eigenvalue weighted by Crippen LogP contribution is -2.32. The van der Waals surface area contributed by atoms with E-state index in [9.17, 15) is 0 Å². The van der Waals surface area contributed by atoms with Crippen LogP contribution >= 0.6 is 11.8 Å². The highest BCUT2D eigenvalue weighted by Gasteiger charge is 2.04. The highest BCUT2D eigenvalue weighted by atomic mass is 32.2. The molecule has 2 N–H and O–H groups in total. The van der Waals surface area contributed by atoms with Crippen LogP contribution in [0.5, 0.6) is 0 Å². The molecule has 0 aliphatic carbocycles. The van der Waals surface area contributed by atoms with Crippen LogP contribution in [-0.2, 0) is 0 Å². The number of hydrogen-bond acceptors (Lipinski definition) is 3. The first-order valence-corrected chi connectivity index (χ1v) is 6.26. The summed E-state index contributed by atoms with van der Waals surface area (Å²) >= 11 is 1.91. The molecule has 1 atom stereocenters. The molecule has 0 heterocycles. The first-order valence-electron chi connectivity index (χ1n) is 5.10. The minimum atomic E-state index is 0.322. The summed E-state index contributed by atoms with van der Waals surface area (Å²) < 4.78 is 0. The Hall–Kier alpha value is 0.270. The van der Waals surface area contributed by atoms with Crippen LogP contribution in [0.4, 0.5) is 0 Å². The fourth-order valence-corrected chi connectivity index (χ4v) is 1.66. The Morgan fingerprint density at radius 3 is 2.46 bits per heavy atom. The van der Waals surface area contributed by atoms with Crippen molar-refractivity contribution in [1.82, 2.24) is 5.32 Å². The van der Waals surface area contributed by atoms with E-state index in [0.717, 1.165) is 24.5 Å². The fourth-order valence-electron chi connectivity index (χ4n) is 0.863. The molecule has 0 amide bonds. The largest absolute Gasteiger partial charge is 0.396 e. The predicted molar refractivity (Wildman–Crippen MR) is 61.3 cm³/mol. The molecule has 0 bridgehead atoms. The van der Waals surface area contributed by atoms with Crippen molar-refractivity contribution in [2.75, 3.05) is 24.7 Å². The molecular weight excluding hydrogens is 182 g/mol. The molecule has 13 heavy (non-hydrogen) atoms. The normalized spacial score (nSPS) is 13.6. The number of rotatable bonds is 8. The minimum absolute atomic E-state index is 0.322. The van der Waals surface area contributed by atoms with Gasteiger partial charge in [0, 0.05) is 24.9 Å². The lowest BCUT2D eigenvalue weighted by molar-refractivity contribution is 0.296. The summed E-state index contributed by atoms with van der Waals surface area (Å²) in [5.74, 6) is 2.94. The Bertz CT molecular complexity index is 109. The fraction of sp³-hybridized carbons (Fsp3) is 1.00. The van der Waals surface area contributed by atoms with Gasteiger partial charge in [0.2, 0.25) is 0 Å². The molecule has 0 aliphatic heterocycles. The van der Waals surface area contributed by atoms with E-state index in [4.69, 9.17) is 5.11 Å². The lowest BCUT2D eigenvalue weighted by atomic mass is 10.1. The number of thioether (sulfide) groups is 1. The van der Waals surface area contributed by atoms with E-state index in [1.807, 2.05) is 11.8 Å². The Morgan fingerprint density at radius 1 is 1.23 bits per heavy atom. The third kappa shape index (κ3) is 8.60. The maximum Gasteiger partial charge on any atom is 0.0438 e. The maximum atomic E-state index is 8.55. The third-order valence-electron chi connectivity index (χ3n) is 2.16. The Labute approximate surface area is 86.5 Å². The summed E-state index contributed by atoms with van der Waals surface area (Å²) in [6.07, 6.45) is 0.921. The minimum Gasteiger partial charge on any atom is -0.396 e. The third-order valence-corrected chi connectivity index (χ3v) is 3.23. The smallest absolute Gasteiger partial charge is 0.0438 e. The van der Waals surface area contributed by atoms with Crippen LogP contribution < -0.4 is 5.32 Å². The van der Waals surface area contributed by atoms with E-state index in [-0.39, 0.29) is 0 Å². The number of hydrogen-bond donors (Lipinski definition) is 2. The predicted octanol–water partition coefficient (Wildman–Crippen LogP) is 1.74. The molecule has 0 aliphatic rings. The first kappa shape index (κ1) is 13.3. The first-order chi connectivity index (χ1) is 6.18. The van der Waals surface area contributed by atoms with Gasteiger partial charge in [0.05, 0.1) is 0 Å². The highest BCUT2D eigenvalue weighted by Crippen LogP contribution is 2.02. The van der Waals surface area contributed by atoms with Crippen LogP contribution in [-0.4, -0.2) is 35.8 Å². The quantitative estimate of drug-likeness (QED) is 0.592. The molecule has 0 rings (SSSR count). The summed E-state index contributed by atoms with van der Waals surface area (Å²) in [6.45, 7) is 8.09. The molecule has 1 unspecified atom stereocenters. The van der Waals surface area contributed by atoms with Crippen LogP contribution in [0.3, 0.4) is 0 Å². The van der Waals surface area contributed by atoms with E-state index >= 15 is 0 Å². The average molecular weight is 205 g/mol. The Balaban J connectivity index is 3.07. The van der Waals surface area contributed by atoms with Crippen LogP contribution in [0.15, 0.2) is 0 Å². The van der Waals surface area contributed by atoms with E-state index in [0.29, 0.717) is 18.6 Å². The molecular formula is C10H23NOS. The van der Waals surface area contributed by atoms with Gasteiger partial charge in [0.25, 0.3) is 0 Å². The molecule has 0 aromatic carbocycles. The molecule has 0 spiro atoms. The summed E-state index contributed by atoms with van der Waals surface area (Å²) in [5.41, 5.74) is 0. The molecule has 0 radical (unpaired) electrons. The van der Waals surface area contributed by atoms with Gasteiger partial charge in [-0.25, -0.2) is 0 Å². The highest BCUT2D eigenvalue weighted by molar-refractivity contribution is 7.99. The summed E-state index contributed by atoms with van der Waals surface area (Å²) in [7, 11) is 0. The topological polar surface area (TPSA) is 32.3 Å². The zero-order valence-electron chi connectivity index (χ0n) is 9.05. The standard InChI is InChI=1S/C10H23NOS/c1-9(2)10(3)11-5-8-13-7-4-6-12/h9-12H,4-8H2,1-3H3. The van der Waals surface area contributed by atoms with Gasteiger partial charge in [-0.3, -0.25) is 0 Å². The van der Waals surface area contributed by atoms with Crippen molar-refractivity contribution >= 4 is 11.8 Å². The van der Waals surface area contributed by atoms with Crippen molar-refractivity contribution < 1.29 is 5.11 Å². The van der Waals surface area contributed by atoms with Crippen LogP contribution in [0.2, 0.25) is 0 Å². The van der Waals surface area contributed by atoms with E-state index < -0.39 is 0 Å². The SMILES string of the molecule is CC(C)C(C)NCCSCCCO. The van der Waals surface area contributed by atoms with Crippen LogP contribution in [0, 0.1) is 5.92 Å². The Morgan fingerprint density at radius 2 is 1.92 bits per heavy atom. The van der Waals surface area contributed by atoms with E-state index in [1.54, 1.807) is 0 Å². The monoisotopic (exact) mass is 205 g/mol. The van der Waals surface area contributed by atoms with Crippen molar-refractivity contribution in [2.45, 2.75) is 33.2 Å². The number of nitrogens with one attached hydrogen (secondary N) is 1. The van der Waals surface area contributed by atoms with Crippen molar-refractivity contribution in [3.05, 3.63) is 0 Å². The van der Waals surface area contributed by atoms with E-state index in [2.05, 4.69) is 26.1 Å². The maximum absolute atomic E-state index is 8.55. The lowest BCUT2D eigenvalue weighted by Gasteiger charge is -2.16. The zero-order chi connectivity index (χ0) is 10.1. The summed E-state index contributed by atoms with van der Waals surface area (Å²) in [6, 6.07) is 0.610. The van der Waals surface area contributed by atoms with Crippen LogP contribution in [0.25, 0.3) is 0 Å².